The molecule has 1 saturated carbocycles. The fraction of sp³-hybridized carbons (Fsp3) is 0.600. The minimum Gasteiger partial charge on any atom is -0.505 e. The second kappa shape index (κ2) is 8.55. The molecule has 1 aromatic rings. The van der Waals surface area contributed by atoms with Crippen LogP contribution in [0, 0.1) is 29.5 Å². The lowest BCUT2D eigenvalue weighted by Crippen LogP contribution is -2.46. The molecule has 8 heteroatoms. The molecule has 5 rings (SSSR count). The van der Waals surface area contributed by atoms with Crippen molar-refractivity contribution in [1.82, 2.24) is 4.90 Å². The molecular formula is C25H31BFNO5. The Hall–Kier alpha value is -2.19. The summed E-state index contributed by atoms with van der Waals surface area (Å²) in [6.45, 7) is 4.07. The van der Waals surface area contributed by atoms with Gasteiger partial charge in [-0.2, -0.15) is 0 Å². The minimum absolute atomic E-state index is 0.0259. The van der Waals surface area contributed by atoms with Crippen LogP contribution in [0.25, 0.3) is 0 Å². The van der Waals surface area contributed by atoms with Crippen LogP contribution in [0.15, 0.2) is 29.2 Å². The molecule has 2 aliphatic heterocycles. The van der Waals surface area contributed by atoms with E-state index in [2.05, 4.69) is 0 Å². The van der Waals surface area contributed by atoms with Crippen LogP contribution in [0.1, 0.15) is 70.5 Å². The molecule has 33 heavy (non-hydrogen) atoms. The largest absolute Gasteiger partial charge is 0.505 e. The molecule has 2 aliphatic carbocycles. The molecule has 3 fully saturated rings. The number of hydrogen-bond acceptors (Lipinski definition) is 5. The van der Waals surface area contributed by atoms with Crippen molar-refractivity contribution in [3.63, 3.8) is 0 Å². The number of carbonyl (C=O) groups is 2. The summed E-state index contributed by atoms with van der Waals surface area (Å²) < 4.78 is 19.9. The fourth-order valence-electron chi connectivity index (χ4n) is 6.56. The van der Waals surface area contributed by atoms with Crippen molar-refractivity contribution in [2.24, 2.45) is 23.7 Å². The number of rotatable bonds is 3. The third-order valence-electron chi connectivity index (χ3n) is 8.16. The van der Waals surface area contributed by atoms with E-state index < -0.39 is 36.6 Å². The van der Waals surface area contributed by atoms with Crippen LogP contribution in [-0.2, 0) is 14.2 Å². The van der Waals surface area contributed by atoms with E-state index in [1.165, 1.54) is 12.1 Å². The number of benzene rings is 1. The summed E-state index contributed by atoms with van der Waals surface area (Å²) in [4.78, 5) is 28.8. The highest BCUT2D eigenvalue weighted by Gasteiger charge is 2.59. The standard InChI is InChI=1S/C25H31BFNO5/c1-13(2)16-11-18-22(25(31)28(24(18)30)15-6-4-3-5-7-15)17-12-21(33-26(32)23(16)17)14-8-9-20(29)19(27)10-14/h8-10,13,15,17-18,21-22,29,32H,3-7,11-12H2,1-2H3/t17-,18-,21-,22+/m0/s1. The Kier molecular flexibility index (Phi) is 5.85. The van der Waals surface area contributed by atoms with E-state index in [4.69, 9.17) is 4.65 Å². The first-order valence-corrected chi connectivity index (χ1v) is 12.2. The number of halogens is 1. The van der Waals surface area contributed by atoms with Crippen LogP contribution in [0.5, 0.6) is 5.75 Å². The molecule has 2 saturated heterocycles. The molecule has 2 heterocycles. The third-order valence-corrected chi connectivity index (χ3v) is 8.16. The SMILES string of the molecule is CC(C)C1=C2B(O)O[C@H](c3ccc(O)c(F)c3)C[C@H]2[C@H]2C(=O)N(C3CCCCC3)C(=O)[C@H]2C1. The lowest BCUT2D eigenvalue weighted by Gasteiger charge is -2.43. The van der Waals surface area contributed by atoms with Gasteiger partial charge in [-0.15, -0.1) is 0 Å². The number of carbonyl (C=O) groups excluding carboxylic acids is 2. The highest BCUT2D eigenvalue weighted by Crippen LogP contribution is 2.53. The highest BCUT2D eigenvalue weighted by atomic mass is 19.1. The van der Waals surface area contributed by atoms with Crippen LogP contribution in [0.4, 0.5) is 4.39 Å². The van der Waals surface area contributed by atoms with E-state index in [9.17, 15) is 24.1 Å². The molecule has 176 valence electrons. The molecule has 0 unspecified atom stereocenters. The Labute approximate surface area is 193 Å². The molecular weight excluding hydrogens is 424 g/mol. The van der Waals surface area contributed by atoms with E-state index in [0.29, 0.717) is 18.4 Å². The minimum atomic E-state index is -1.21. The molecule has 2 N–H and O–H groups in total. The highest BCUT2D eigenvalue weighted by molar-refractivity contribution is 6.53. The maximum atomic E-state index is 14.0. The van der Waals surface area contributed by atoms with Crippen molar-refractivity contribution in [3.05, 3.63) is 40.6 Å². The summed E-state index contributed by atoms with van der Waals surface area (Å²) in [5.41, 5.74) is 2.22. The number of aromatic hydroxyl groups is 1. The van der Waals surface area contributed by atoms with Crippen molar-refractivity contribution in [2.45, 2.75) is 70.9 Å². The van der Waals surface area contributed by atoms with Crippen LogP contribution >= 0.6 is 0 Å². The van der Waals surface area contributed by atoms with E-state index >= 15 is 0 Å². The average Bonchev–Trinajstić information content (AvgIpc) is 3.05. The number of phenols is 1. The van der Waals surface area contributed by atoms with E-state index in [1.807, 2.05) is 13.8 Å². The second-order valence-corrected chi connectivity index (χ2v) is 10.3. The van der Waals surface area contributed by atoms with Gasteiger partial charge in [-0.3, -0.25) is 14.5 Å². The van der Waals surface area contributed by atoms with Gasteiger partial charge in [0, 0.05) is 6.04 Å². The third kappa shape index (κ3) is 3.71. The Morgan fingerprint density at radius 1 is 1.12 bits per heavy atom. The monoisotopic (exact) mass is 455 g/mol. The topological polar surface area (TPSA) is 87.1 Å². The number of phenolic OH excluding ortho intramolecular Hbond substituents is 1. The summed E-state index contributed by atoms with van der Waals surface area (Å²) in [6, 6.07) is 4.02. The Morgan fingerprint density at radius 3 is 2.52 bits per heavy atom. The average molecular weight is 455 g/mol. The van der Waals surface area contributed by atoms with Crippen LogP contribution in [0.3, 0.4) is 0 Å². The molecule has 0 spiro atoms. The van der Waals surface area contributed by atoms with Crippen molar-refractivity contribution >= 4 is 18.9 Å². The number of likely N-dealkylation sites (tertiary alicyclic amines) is 1. The van der Waals surface area contributed by atoms with Gasteiger partial charge in [-0.25, -0.2) is 4.39 Å². The van der Waals surface area contributed by atoms with Gasteiger partial charge in [0.15, 0.2) is 11.6 Å². The van der Waals surface area contributed by atoms with Gasteiger partial charge in [-0.1, -0.05) is 44.7 Å². The van der Waals surface area contributed by atoms with E-state index in [-0.39, 0.29) is 29.7 Å². The lowest BCUT2D eigenvalue weighted by molar-refractivity contribution is -0.143. The number of fused-ring (bicyclic) bond motifs is 3. The molecule has 2 amide bonds. The predicted molar refractivity (Wildman–Crippen MR) is 120 cm³/mol. The Bertz CT molecular complexity index is 1000. The maximum absolute atomic E-state index is 14.0. The Morgan fingerprint density at radius 2 is 1.85 bits per heavy atom. The second-order valence-electron chi connectivity index (χ2n) is 10.3. The summed E-state index contributed by atoms with van der Waals surface area (Å²) in [5.74, 6) is -2.54. The smallest absolute Gasteiger partial charge is 0.487 e. The first kappa shape index (κ1) is 22.6. The van der Waals surface area contributed by atoms with Gasteiger partial charge in [0.2, 0.25) is 11.8 Å². The van der Waals surface area contributed by atoms with Crippen molar-refractivity contribution in [2.75, 3.05) is 0 Å². The predicted octanol–water partition coefficient (Wildman–Crippen LogP) is 3.92. The van der Waals surface area contributed by atoms with Crippen LogP contribution < -0.4 is 0 Å². The van der Waals surface area contributed by atoms with Gasteiger partial charge in [0.05, 0.1) is 17.9 Å². The molecule has 1 aromatic carbocycles. The van der Waals surface area contributed by atoms with Gasteiger partial charge in [-0.05, 0) is 60.7 Å². The molecule has 0 bridgehead atoms. The van der Waals surface area contributed by atoms with Crippen LogP contribution in [-0.4, -0.2) is 40.0 Å². The fourth-order valence-corrected chi connectivity index (χ4v) is 6.56. The number of allylic oxidation sites excluding steroid dienone is 2. The van der Waals surface area contributed by atoms with Crippen LogP contribution in [0.2, 0.25) is 0 Å². The van der Waals surface area contributed by atoms with Crippen molar-refractivity contribution in [3.8, 4) is 5.75 Å². The quantitative estimate of drug-likeness (QED) is 0.533. The lowest BCUT2D eigenvalue weighted by atomic mass is 9.54. The molecule has 0 radical (unpaired) electrons. The summed E-state index contributed by atoms with van der Waals surface area (Å²) in [5, 5.41) is 20.6. The summed E-state index contributed by atoms with van der Waals surface area (Å²) in [6.07, 6.45) is 5.14. The number of nitrogens with zero attached hydrogens (tertiary/aromatic N) is 1. The van der Waals surface area contributed by atoms with Gasteiger partial charge >= 0.3 is 7.12 Å². The van der Waals surface area contributed by atoms with Gasteiger partial charge in [0.25, 0.3) is 0 Å². The van der Waals surface area contributed by atoms with Crippen molar-refractivity contribution < 1.29 is 28.8 Å². The molecule has 4 atom stereocenters. The summed E-state index contributed by atoms with van der Waals surface area (Å²) >= 11 is 0. The zero-order valence-corrected chi connectivity index (χ0v) is 19.2. The molecule has 0 aromatic heterocycles. The molecule has 6 nitrogen and oxygen atoms in total. The van der Waals surface area contributed by atoms with Gasteiger partial charge < -0.3 is 14.8 Å². The summed E-state index contributed by atoms with van der Waals surface area (Å²) in [7, 11) is -1.21. The zero-order chi connectivity index (χ0) is 23.4. The number of hydrogen-bond donors (Lipinski definition) is 2. The first-order valence-electron chi connectivity index (χ1n) is 12.2. The number of amides is 2. The van der Waals surface area contributed by atoms with E-state index in [1.54, 1.807) is 11.0 Å². The normalized spacial score (nSPS) is 30.8. The Balaban J connectivity index is 1.52. The first-order chi connectivity index (χ1) is 15.8. The van der Waals surface area contributed by atoms with Gasteiger partial charge in [0.1, 0.15) is 0 Å². The zero-order valence-electron chi connectivity index (χ0n) is 19.2. The van der Waals surface area contributed by atoms with Crippen molar-refractivity contribution in [1.29, 1.82) is 0 Å². The maximum Gasteiger partial charge on any atom is 0.487 e. The number of imide groups is 1. The molecule has 4 aliphatic rings. The van der Waals surface area contributed by atoms with E-state index in [0.717, 1.165) is 43.1 Å².